The predicted octanol–water partition coefficient (Wildman–Crippen LogP) is 3.71. The molecule has 0 aliphatic heterocycles. The van der Waals surface area contributed by atoms with E-state index in [4.69, 9.17) is 9.47 Å². The first-order valence-electron chi connectivity index (χ1n) is 8.62. The molecule has 3 rings (SSSR count). The molecule has 0 aliphatic carbocycles. The van der Waals surface area contributed by atoms with Crippen molar-refractivity contribution in [3.63, 3.8) is 0 Å². The maximum Gasteiger partial charge on any atom is 0.340 e. The Kier molecular flexibility index (Phi) is 6.39. The van der Waals surface area contributed by atoms with Gasteiger partial charge in [-0.1, -0.05) is 30.3 Å². The predicted molar refractivity (Wildman–Crippen MR) is 108 cm³/mol. The average molecular weight is 396 g/mol. The van der Waals surface area contributed by atoms with Crippen molar-refractivity contribution < 1.29 is 19.1 Å². The van der Waals surface area contributed by atoms with Crippen molar-refractivity contribution in [3.05, 3.63) is 75.7 Å². The third-order valence-electron chi connectivity index (χ3n) is 4.05. The van der Waals surface area contributed by atoms with Gasteiger partial charge in [0.1, 0.15) is 5.75 Å². The molecule has 1 heterocycles. The standard InChI is InChI=1S/C21H20N2O4S/c1-26-16-8-9-18(17(12-16)21(25)27-2)23-19(24)11-15-13-28-20(22-15)10-14-6-4-3-5-7-14/h3-9,12-13H,10-11H2,1-2H3,(H,23,24). The maximum atomic E-state index is 12.4. The lowest BCUT2D eigenvalue weighted by Gasteiger charge is -2.11. The minimum Gasteiger partial charge on any atom is -0.497 e. The summed E-state index contributed by atoms with van der Waals surface area (Å²) >= 11 is 1.53. The Morgan fingerprint density at radius 1 is 1.11 bits per heavy atom. The van der Waals surface area contributed by atoms with E-state index in [1.54, 1.807) is 12.1 Å². The number of hydrogen-bond acceptors (Lipinski definition) is 6. The molecule has 2 aromatic carbocycles. The van der Waals surface area contributed by atoms with Gasteiger partial charge in [0.2, 0.25) is 5.91 Å². The molecule has 0 bridgehead atoms. The van der Waals surface area contributed by atoms with Gasteiger partial charge in [-0.25, -0.2) is 9.78 Å². The second kappa shape index (κ2) is 9.14. The Morgan fingerprint density at radius 3 is 2.61 bits per heavy atom. The number of carbonyl (C=O) groups excluding carboxylic acids is 2. The van der Waals surface area contributed by atoms with Crippen molar-refractivity contribution >= 4 is 28.9 Å². The van der Waals surface area contributed by atoms with Gasteiger partial charge >= 0.3 is 5.97 Å². The highest BCUT2D eigenvalue weighted by molar-refractivity contribution is 7.09. The molecule has 0 atom stereocenters. The fourth-order valence-electron chi connectivity index (χ4n) is 2.68. The first-order valence-corrected chi connectivity index (χ1v) is 9.50. The van der Waals surface area contributed by atoms with Crippen LogP contribution >= 0.6 is 11.3 Å². The lowest BCUT2D eigenvalue weighted by molar-refractivity contribution is -0.115. The number of esters is 1. The summed E-state index contributed by atoms with van der Waals surface area (Å²) in [5.41, 5.74) is 2.48. The van der Waals surface area contributed by atoms with Crippen LogP contribution in [0.15, 0.2) is 53.9 Å². The van der Waals surface area contributed by atoms with E-state index in [1.807, 2.05) is 35.7 Å². The summed E-state index contributed by atoms with van der Waals surface area (Å²) in [7, 11) is 2.79. The zero-order chi connectivity index (χ0) is 19.9. The lowest BCUT2D eigenvalue weighted by Crippen LogP contribution is -2.17. The van der Waals surface area contributed by atoms with Crippen LogP contribution in [0.3, 0.4) is 0 Å². The normalized spacial score (nSPS) is 10.4. The van der Waals surface area contributed by atoms with E-state index in [9.17, 15) is 9.59 Å². The number of hydrogen-bond donors (Lipinski definition) is 1. The van der Waals surface area contributed by atoms with Gasteiger partial charge in [-0.15, -0.1) is 11.3 Å². The monoisotopic (exact) mass is 396 g/mol. The summed E-state index contributed by atoms with van der Waals surface area (Å²) in [6, 6.07) is 14.9. The lowest BCUT2D eigenvalue weighted by atomic mass is 10.1. The zero-order valence-electron chi connectivity index (χ0n) is 15.6. The van der Waals surface area contributed by atoms with E-state index >= 15 is 0 Å². The van der Waals surface area contributed by atoms with Crippen LogP contribution in [0.5, 0.6) is 5.75 Å². The summed E-state index contributed by atoms with van der Waals surface area (Å²) in [6.45, 7) is 0. The van der Waals surface area contributed by atoms with Crippen LogP contribution in [0, 0.1) is 0 Å². The molecule has 0 saturated carbocycles. The molecule has 0 fully saturated rings. The third-order valence-corrected chi connectivity index (χ3v) is 4.94. The maximum absolute atomic E-state index is 12.4. The van der Waals surface area contributed by atoms with Gasteiger partial charge in [-0.05, 0) is 23.8 Å². The number of rotatable bonds is 7. The zero-order valence-corrected chi connectivity index (χ0v) is 16.4. The SMILES string of the molecule is COC(=O)c1cc(OC)ccc1NC(=O)Cc1csc(Cc2ccccc2)n1. The van der Waals surface area contributed by atoms with Gasteiger partial charge in [0, 0.05) is 11.8 Å². The molecule has 0 unspecified atom stereocenters. The molecule has 144 valence electrons. The number of methoxy groups -OCH3 is 2. The Morgan fingerprint density at radius 2 is 1.89 bits per heavy atom. The number of thiazole rings is 1. The van der Waals surface area contributed by atoms with Crippen LogP contribution in [-0.4, -0.2) is 31.1 Å². The van der Waals surface area contributed by atoms with Gasteiger partial charge in [-0.3, -0.25) is 4.79 Å². The fourth-order valence-corrected chi connectivity index (χ4v) is 3.51. The molecule has 6 nitrogen and oxygen atoms in total. The molecular weight excluding hydrogens is 376 g/mol. The second-order valence-corrected chi connectivity index (χ2v) is 6.97. The molecule has 7 heteroatoms. The number of nitrogens with one attached hydrogen (secondary N) is 1. The third kappa shape index (κ3) is 4.95. The number of anilines is 1. The van der Waals surface area contributed by atoms with Crippen molar-refractivity contribution in [1.29, 1.82) is 0 Å². The van der Waals surface area contributed by atoms with Crippen LogP contribution in [0.4, 0.5) is 5.69 Å². The van der Waals surface area contributed by atoms with E-state index in [-0.39, 0.29) is 17.9 Å². The van der Waals surface area contributed by atoms with Gasteiger partial charge < -0.3 is 14.8 Å². The quantitative estimate of drug-likeness (QED) is 0.616. The van der Waals surface area contributed by atoms with Crippen LogP contribution in [0.2, 0.25) is 0 Å². The molecule has 1 aromatic heterocycles. The number of amides is 1. The first-order chi connectivity index (χ1) is 13.6. The Labute approximate surface area is 167 Å². The van der Waals surface area contributed by atoms with E-state index < -0.39 is 5.97 Å². The van der Waals surface area contributed by atoms with Crippen molar-refractivity contribution in [3.8, 4) is 5.75 Å². The summed E-state index contributed by atoms with van der Waals surface area (Å²) in [4.78, 5) is 29.0. The Balaban J connectivity index is 1.67. The van der Waals surface area contributed by atoms with Crippen LogP contribution in [0.25, 0.3) is 0 Å². The molecule has 0 radical (unpaired) electrons. The molecule has 1 N–H and O–H groups in total. The van der Waals surface area contributed by atoms with Crippen LogP contribution in [0.1, 0.15) is 26.6 Å². The smallest absolute Gasteiger partial charge is 0.340 e. The van der Waals surface area contributed by atoms with E-state index in [2.05, 4.69) is 10.3 Å². The Hall–Kier alpha value is -3.19. The number of aromatic nitrogens is 1. The van der Waals surface area contributed by atoms with E-state index in [0.29, 0.717) is 17.1 Å². The average Bonchev–Trinajstić information content (AvgIpc) is 3.14. The van der Waals surface area contributed by atoms with Gasteiger partial charge in [0.05, 0.1) is 42.6 Å². The minimum absolute atomic E-state index is 0.123. The summed E-state index contributed by atoms with van der Waals surface area (Å²) in [5, 5.41) is 5.59. The highest BCUT2D eigenvalue weighted by Gasteiger charge is 2.16. The topological polar surface area (TPSA) is 77.5 Å². The molecule has 3 aromatic rings. The van der Waals surface area contributed by atoms with Gasteiger partial charge in [-0.2, -0.15) is 0 Å². The molecule has 0 saturated heterocycles. The van der Waals surface area contributed by atoms with Crippen molar-refractivity contribution in [2.24, 2.45) is 0 Å². The minimum atomic E-state index is -0.548. The van der Waals surface area contributed by atoms with Crippen molar-refractivity contribution in [2.75, 3.05) is 19.5 Å². The number of carbonyl (C=O) groups is 2. The number of ether oxygens (including phenoxy) is 2. The second-order valence-electron chi connectivity index (χ2n) is 6.02. The fraction of sp³-hybridized carbons (Fsp3) is 0.190. The largest absolute Gasteiger partial charge is 0.497 e. The molecular formula is C21H20N2O4S. The summed E-state index contributed by atoms with van der Waals surface area (Å²) < 4.78 is 9.91. The molecule has 0 aliphatic rings. The number of nitrogens with zero attached hydrogens (tertiary/aromatic N) is 1. The van der Waals surface area contributed by atoms with E-state index in [0.717, 1.165) is 11.4 Å². The summed E-state index contributed by atoms with van der Waals surface area (Å²) in [6.07, 6.45) is 0.857. The summed E-state index contributed by atoms with van der Waals surface area (Å²) in [5.74, 6) is -0.302. The number of benzene rings is 2. The first kappa shape index (κ1) is 19.6. The van der Waals surface area contributed by atoms with Crippen molar-refractivity contribution in [1.82, 2.24) is 4.98 Å². The van der Waals surface area contributed by atoms with Crippen LogP contribution in [-0.2, 0) is 22.4 Å². The van der Waals surface area contributed by atoms with Crippen molar-refractivity contribution in [2.45, 2.75) is 12.8 Å². The van der Waals surface area contributed by atoms with E-state index in [1.165, 1.54) is 37.2 Å². The molecule has 1 amide bonds. The molecule has 0 spiro atoms. The highest BCUT2D eigenvalue weighted by Crippen LogP contribution is 2.23. The molecule has 28 heavy (non-hydrogen) atoms. The van der Waals surface area contributed by atoms with Gasteiger partial charge in [0.25, 0.3) is 0 Å². The highest BCUT2D eigenvalue weighted by atomic mass is 32.1. The van der Waals surface area contributed by atoms with Crippen LogP contribution < -0.4 is 10.1 Å². The Bertz CT molecular complexity index is 970. The van der Waals surface area contributed by atoms with Gasteiger partial charge in [0.15, 0.2) is 0 Å².